The van der Waals surface area contributed by atoms with E-state index < -0.39 is 66.2 Å². The molecule has 2 aliphatic heterocycles. The minimum absolute atomic E-state index is 0.0000643. The number of ketones is 1. The molecule has 3 atom stereocenters. The fourth-order valence-electron chi connectivity index (χ4n) is 14.6. The molecule has 1 saturated heterocycles. The van der Waals surface area contributed by atoms with Crippen molar-refractivity contribution >= 4 is 88.3 Å². The Morgan fingerprint density at radius 3 is 1.99 bits per heavy atom. The van der Waals surface area contributed by atoms with Gasteiger partial charge in [0.25, 0.3) is 5.91 Å². The van der Waals surface area contributed by atoms with Crippen LogP contribution < -0.4 is 35.7 Å². The average molecular weight is 1570 g/mol. The maximum atomic E-state index is 14.9. The van der Waals surface area contributed by atoms with Crippen LogP contribution in [0.1, 0.15) is 131 Å². The van der Waals surface area contributed by atoms with E-state index in [1.54, 1.807) is 83.5 Å². The van der Waals surface area contributed by atoms with Crippen molar-refractivity contribution in [3.8, 4) is 22.5 Å². The Kier molecular flexibility index (Phi) is 27.6. The quantitative estimate of drug-likeness (QED) is 0.0124. The third-order valence-electron chi connectivity index (χ3n) is 20.9. The highest BCUT2D eigenvalue weighted by Gasteiger charge is 2.37. The van der Waals surface area contributed by atoms with Crippen molar-refractivity contribution in [1.29, 1.82) is 0 Å². The highest BCUT2D eigenvalue weighted by atomic mass is 32.2. The number of hydrogen-bond donors (Lipinski definition) is 4. The number of nitrogens with one attached hydrogen (secondary N) is 3. The maximum absolute atomic E-state index is 14.9. The second-order valence-electron chi connectivity index (χ2n) is 29.2. The second kappa shape index (κ2) is 37.6. The van der Waals surface area contributed by atoms with E-state index in [4.69, 9.17) is 4.42 Å². The number of rotatable bonds is 35. The Balaban J connectivity index is 0.664. The van der Waals surface area contributed by atoms with E-state index in [0.717, 1.165) is 80.6 Å². The average Bonchev–Trinajstić information content (AvgIpc) is 1.53. The molecular weight excluding hydrogens is 1470 g/mol. The lowest BCUT2D eigenvalue weighted by Gasteiger charge is -2.35. The van der Waals surface area contributed by atoms with Crippen LogP contribution in [-0.2, 0) is 52.0 Å². The van der Waals surface area contributed by atoms with Gasteiger partial charge in [0.1, 0.15) is 41.1 Å². The smallest absolute Gasteiger partial charge is 0.254 e. The summed E-state index contributed by atoms with van der Waals surface area (Å²) in [5.74, 6) is -1.24. The normalized spacial score (nSPS) is 13.5. The number of aliphatic hydroxyl groups excluding tert-OH is 1. The van der Waals surface area contributed by atoms with E-state index in [1.165, 1.54) is 41.2 Å². The first kappa shape index (κ1) is 83.0. The first-order valence-electron chi connectivity index (χ1n) is 39.0. The molecule has 8 aromatic rings. The standard InChI is InChI=1S/C87H102N12O12S2/c1-10-94(11-2)65-41-43-71-76(53-65)111-77-54-66(95(12-3)13-4)42-44-72(77)84(71)69-28-19-20-29-70(69)87(106)97-50-48-96(49-51-97)83(103)46-45-81(101)88-47-23-15-18-36-82(102)90-73(52-61-37-39-63(40-38-61)85(104)62-26-16-14-17-27-62)86(105)89-55-64-57-99(92-91-64)60(7)75(100)58-98(56-59(5)6)113(109,110)80-34-22-21-33-79(80)112(107,108)78-35-25-30-67-68(78)31-24-32-74(67)93(8)9/h14,16-17,19-22,24-35,37-44,53-54,57,59-60,73,75,100H,10-13,15,18,23,36,45-52,55-56,58H2,1-9H3,(H2-,88,89,90,101,102,105)/p+1/t60-,73-,75?/m0/s1. The summed E-state index contributed by atoms with van der Waals surface area (Å²) in [4.78, 5) is 89.3. The fraction of sp³-hybridized carbons (Fsp3) is 0.368. The van der Waals surface area contributed by atoms with Gasteiger partial charge in [-0.15, -0.1) is 5.10 Å². The molecule has 3 aliphatic rings. The molecule has 11 rings (SSSR count). The van der Waals surface area contributed by atoms with Crippen molar-refractivity contribution in [3.63, 3.8) is 0 Å². The zero-order valence-electron chi connectivity index (χ0n) is 65.8. The van der Waals surface area contributed by atoms with Crippen LogP contribution in [0.5, 0.6) is 0 Å². The van der Waals surface area contributed by atoms with Crippen LogP contribution in [0.4, 0.5) is 11.4 Å². The van der Waals surface area contributed by atoms with Gasteiger partial charge in [-0.3, -0.25) is 28.8 Å². The number of aliphatic hydroxyl groups is 1. The summed E-state index contributed by atoms with van der Waals surface area (Å²) in [6.45, 7) is 18.0. The minimum Gasteiger partial charge on any atom is -0.456 e. The molecular formula is C87H103N12O12S2+. The van der Waals surface area contributed by atoms with Crippen LogP contribution in [0.2, 0.25) is 0 Å². The first-order chi connectivity index (χ1) is 54.3. The summed E-state index contributed by atoms with van der Waals surface area (Å²) < 4.78 is 70.6. The Labute approximate surface area is 661 Å². The lowest BCUT2D eigenvalue weighted by atomic mass is 9.90. The van der Waals surface area contributed by atoms with E-state index in [1.807, 2.05) is 75.3 Å². The number of carbonyl (C=O) groups is 6. The molecule has 1 aromatic heterocycles. The van der Waals surface area contributed by atoms with Crippen molar-refractivity contribution in [2.45, 2.75) is 133 Å². The summed E-state index contributed by atoms with van der Waals surface area (Å²) in [5.41, 5.74) is 7.60. The van der Waals surface area contributed by atoms with Gasteiger partial charge in [-0.25, -0.2) is 26.1 Å². The number of hydrogen-bond acceptors (Lipinski definition) is 16. The number of fused-ring (bicyclic) bond motifs is 3. The third-order valence-corrected chi connectivity index (χ3v) is 24.8. The van der Waals surface area contributed by atoms with Gasteiger partial charge < -0.3 is 45.1 Å². The number of amides is 5. The predicted molar refractivity (Wildman–Crippen MR) is 440 cm³/mol. The van der Waals surface area contributed by atoms with Crippen LogP contribution in [0.15, 0.2) is 201 Å². The Morgan fingerprint density at radius 2 is 1.28 bits per heavy atom. The van der Waals surface area contributed by atoms with Crippen molar-refractivity contribution in [2.75, 3.05) is 95.9 Å². The van der Waals surface area contributed by atoms with Gasteiger partial charge in [-0.05, 0) is 113 Å². The number of sulfone groups is 1. The molecule has 5 amide bonds. The van der Waals surface area contributed by atoms with Gasteiger partial charge in [-0.2, -0.15) is 4.31 Å². The highest BCUT2D eigenvalue weighted by molar-refractivity contribution is 7.93. The molecule has 1 aliphatic carbocycles. The third kappa shape index (κ3) is 19.6. The van der Waals surface area contributed by atoms with Gasteiger partial charge in [-0.1, -0.05) is 135 Å². The number of nitrogens with zero attached hydrogens (tertiary/aromatic N) is 9. The molecule has 3 heterocycles. The van der Waals surface area contributed by atoms with Gasteiger partial charge in [0.15, 0.2) is 5.78 Å². The topological polar surface area (TPSA) is 290 Å². The van der Waals surface area contributed by atoms with Gasteiger partial charge >= 0.3 is 0 Å². The van der Waals surface area contributed by atoms with Crippen LogP contribution >= 0.6 is 0 Å². The van der Waals surface area contributed by atoms with E-state index in [0.29, 0.717) is 85.0 Å². The van der Waals surface area contributed by atoms with Gasteiger partial charge in [0.2, 0.25) is 48.8 Å². The summed E-state index contributed by atoms with van der Waals surface area (Å²) in [6.07, 6.45) is 1.76. The van der Waals surface area contributed by atoms with E-state index in [-0.39, 0.29) is 78.8 Å². The van der Waals surface area contributed by atoms with E-state index in [9.17, 15) is 50.7 Å². The number of aromatic nitrogens is 3. The number of sulfonamides is 1. The number of carbonyl (C=O) groups excluding carboxylic acids is 6. The van der Waals surface area contributed by atoms with Crippen LogP contribution in [0.25, 0.3) is 44.2 Å². The Hall–Kier alpha value is -10.9. The summed E-state index contributed by atoms with van der Waals surface area (Å²) >= 11 is 0. The number of anilines is 2. The molecule has 113 heavy (non-hydrogen) atoms. The van der Waals surface area contributed by atoms with Crippen LogP contribution in [0.3, 0.4) is 0 Å². The largest absolute Gasteiger partial charge is 0.456 e. The van der Waals surface area contributed by atoms with Gasteiger partial charge in [0.05, 0.1) is 40.7 Å². The molecule has 0 spiro atoms. The van der Waals surface area contributed by atoms with Crippen LogP contribution in [0, 0.1) is 5.92 Å². The van der Waals surface area contributed by atoms with Crippen molar-refractivity contribution in [2.24, 2.45) is 5.92 Å². The molecule has 1 unspecified atom stereocenters. The summed E-state index contributed by atoms with van der Waals surface area (Å²) in [6, 6.07) is 49.6. The molecule has 1 fully saturated rings. The molecule has 0 saturated carbocycles. The van der Waals surface area contributed by atoms with Crippen LogP contribution in [-0.4, -0.2) is 185 Å². The number of piperazine rings is 1. The fourth-order valence-corrected chi connectivity index (χ4v) is 18.5. The Bertz CT molecular complexity index is 5340. The summed E-state index contributed by atoms with van der Waals surface area (Å²) in [7, 11) is -5.35. The lowest BCUT2D eigenvalue weighted by Crippen LogP contribution is -2.50. The maximum Gasteiger partial charge on any atom is 0.254 e. The van der Waals surface area contributed by atoms with E-state index >= 15 is 0 Å². The van der Waals surface area contributed by atoms with Crippen molar-refractivity contribution < 1.29 is 55.1 Å². The molecule has 26 heteroatoms. The lowest BCUT2D eigenvalue weighted by molar-refractivity contribution is -0.134. The molecule has 0 radical (unpaired) electrons. The minimum atomic E-state index is -4.60. The number of benzene rings is 8. The SMILES string of the molecule is CCN(CC)c1ccc2c(-c3ccccc3C(=O)N3CCN(C(=O)CCC(=O)NCCCCCC(=O)N[C@@H](Cc4ccc(C(=O)c5ccccc5)cc4)C(=O)NCc4cn([C@@H](C)C(O)CN(CC(C)C)S(=O)(=O)c5ccccc5S(=O)(=O)c5cccc6c(N(C)C)cccc56)nn4)CC3)c3ccc(=[N+](CC)CC)cc-3oc2c1. The number of unbranched alkanes of at least 4 members (excludes halogenated alkanes) is 2. The van der Waals surface area contributed by atoms with Crippen molar-refractivity contribution in [3.05, 3.63) is 215 Å². The van der Waals surface area contributed by atoms with Crippen molar-refractivity contribution in [1.82, 2.24) is 49.6 Å². The van der Waals surface area contributed by atoms with E-state index in [2.05, 4.69) is 99.8 Å². The summed E-state index contributed by atoms with van der Waals surface area (Å²) in [5, 5.41) is 32.0. The monoisotopic (exact) mass is 1570 g/mol. The molecule has 24 nitrogen and oxygen atoms in total. The van der Waals surface area contributed by atoms with Gasteiger partial charge in [0, 0.05) is 166 Å². The first-order valence-corrected chi connectivity index (χ1v) is 41.9. The Morgan fingerprint density at radius 1 is 0.619 bits per heavy atom. The zero-order chi connectivity index (χ0) is 80.7. The zero-order valence-corrected chi connectivity index (χ0v) is 67.5. The molecule has 7 aromatic carbocycles. The molecule has 594 valence electrons. The molecule has 0 bridgehead atoms. The molecule has 4 N–H and O–H groups in total. The second-order valence-corrected chi connectivity index (χ2v) is 33.0. The predicted octanol–water partition coefficient (Wildman–Crippen LogP) is 10.8. The highest BCUT2D eigenvalue weighted by Crippen LogP contribution is 2.43.